The van der Waals surface area contributed by atoms with E-state index in [-0.39, 0.29) is 0 Å². The van der Waals surface area contributed by atoms with Gasteiger partial charge in [0.25, 0.3) is 0 Å². The lowest BCUT2D eigenvalue weighted by Gasteiger charge is -2.59. The standard InChI is InChI=1S/C16H31N3/c1-12(2)13-6-17(7-13)14-8-18(9-14)15-10-19(11-15)16(3,4)5/h12-15H,6-11H2,1-5H3. The van der Waals surface area contributed by atoms with Crippen molar-refractivity contribution in [1.82, 2.24) is 14.7 Å². The van der Waals surface area contributed by atoms with E-state index in [9.17, 15) is 0 Å². The van der Waals surface area contributed by atoms with E-state index >= 15 is 0 Å². The summed E-state index contributed by atoms with van der Waals surface area (Å²) in [5.41, 5.74) is 0.364. The van der Waals surface area contributed by atoms with Crippen LogP contribution in [0.5, 0.6) is 0 Å². The molecule has 0 unspecified atom stereocenters. The summed E-state index contributed by atoms with van der Waals surface area (Å²) in [7, 11) is 0. The molecule has 0 spiro atoms. The van der Waals surface area contributed by atoms with E-state index in [2.05, 4.69) is 49.3 Å². The molecule has 0 atom stereocenters. The lowest BCUT2D eigenvalue weighted by Crippen LogP contribution is -2.73. The zero-order valence-corrected chi connectivity index (χ0v) is 13.4. The van der Waals surface area contributed by atoms with Crippen LogP contribution < -0.4 is 0 Å². The quantitative estimate of drug-likeness (QED) is 0.769. The predicted octanol–water partition coefficient (Wildman–Crippen LogP) is 1.74. The van der Waals surface area contributed by atoms with Gasteiger partial charge < -0.3 is 0 Å². The van der Waals surface area contributed by atoms with Gasteiger partial charge in [0.15, 0.2) is 0 Å². The maximum absolute atomic E-state index is 2.71. The van der Waals surface area contributed by atoms with E-state index < -0.39 is 0 Å². The first-order valence-electron chi connectivity index (χ1n) is 8.07. The lowest BCUT2D eigenvalue weighted by atomic mass is 9.85. The van der Waals surface area contributed by atoms with Gasteiger partial charge in [0.05, 0.1) is 0 Å². The number of rotatable bonds is 3. The molecule has 0 aliphatic carbocycles. The maximum atomic E-state index is 2.71. The summed E-state index contributed by atoms with van der Waals surface area (Å²) in [6.07, 6.45) is 0. The number of likely N-dealkylation sites (tertiary alicyclic amines) is 3. The van der Waals surface area contributed by atoms with Crippen molar-refractivity contribution in [3.8, 4) is 0 Å². The van der Waals surface area contributed by atoms with Crippen molar-refractivity contribution in [1.29, 1.82) is 0 Å². The molecule has 3 heteroatoms. The van der Waals surface area contributed by atoms with E-state index in [0.717, 1.165) is 23.9 Å². The van der Waals surface area contributed by atoms with Gasteiger partial charge in [0.1, 0.15) is 0 Å². The van der Waals surface area contributed by atoms with Crippen LogP contribution in [0.1, 0.15) is 34.6 Å². The van der Waals surface area contributed by atoms with Crippen LogP contribution in [-0.2, 0) is 0 Å². The molecule has 0 radical (unpaired) electrons. The summed E-state index contributed by atoms with van der Waals surface area (Å²) in [5, 5.41) is 0. The van der Waals surface area contributed by atoms with Gasteiger partial charge in [-0.25, -0.2) is 0 Å². The average Bonchev–Trinajstić information content (AvgIpc) is 2.04. The predicted molar refractivity (Wildman–Crippen MR) is 80.4 cm³/mol. The second-order valence-corrected chi connectivity index (χ2v) is 8.30. The van der Waals surface area contributed by atoms with E-state index in [1.54, 1.807) is 0 Å². The first-order valence-corrected chi connectivity index (χ1v) is 8.07. The minimum Gasteiger partial charge on any atom is -0.297 e. The molecule has 0 amide bonds. The Balaban J connectivity index is 1.34. The molecule has 0 aromatic carbocycles. The van der Waals surface area contributed by atoms with Gasteiger partial charge in [-0.15, -0.1) is 0 Å². The fourth-order valence-corrected chi connectivity index (χ4v) is 3.52. The van der Waals surface area contributed by atoms with E-state index in [1.807, 2.05) is 0 Å². The van der Waals surface area contributed by atoms with Crippen molar-refractivity contribution >= 4 is 0 Å². The first kappa shape index (κ1) is 13.8. The lowest BCUT2D eigenvalue weighted by molar-refractivity contribution is -0.100. The molecule has 3 aliphatic rings. The summed E-state index contributed by atoms with van der Waals surface area (Å²) in [6, 6.07) is 1.72. The second-order valence-electron chi connectivity index (χ2n) is 8.30. The third kappa shape index (κ3) is 2.57. The molecule has 3 fully saturated rings. The molecule has 0 aromatic rings. The highest BCUT2D eigenvalue weighted by molar-refractivity contribution is 5.02. The van der Waals surface area contributed by atoms with Gasteiger partial charge in [-0.1, -0.05) is 13.8 Å². The molecule has 3 saturated heterocycles. The van der Waals surface area contributed by atoms with Gasteiger partial charge in [-0.05, 0) is 32.6 Å². The summed E-state index contributed by atoms with van der Waals surface area (Å²) in [4.78, 5) is 8.01. The first-order chi connectivity index (χ1) is 8.84. The number of hydrogen-bond acceptors (Lipinski definition) is 3. The molecule has 110 valence electrons. The second kappa shape index (κ2) is 4.71. The summed E-state index contributed by atoms with van der Waals surface area (Å²) < 4.78 is 0. The van der Waals surface area contributed by atoms with Crippen LogP contribution in [0.25, 0.3) is 0 Å². The van der Waals surface area contributed by atoms with Gasteiger partial charge in [0, 0.05) is 56.9 Å². The molecule has 0 saturated carbocycles. The molecule has 3 aliphatic heterocycles. The fraction of sp³-hybridized carbons (Fsp3) is 1.00. The zero-order chi connectivity index (χ0) is 13.8. The molecule has 0 N–H and O–H groups in total. The van der Waals surface area contributed by atoms with Crippen LogP contribution in [0.15, 0.2) is 0 Å². The molecule has 19 heavy (non-hydrogen) atoms. The Morgan fingerprint density at radius 3 is 1.74 bits per heavy atom. The van der Waals surface area contributed by atoms with Crippen LogP contribution in [0.4, 0.5) is 0 Å². The van der Waals surface area contributed by atoms with Crippen molar-refractivity contribution in [3.05, 3.63) is 0 Å². The zero-order valence-electron chi connectivity index (χ0n) is 13.4. The Morgan fingerprint density at radius 2 is 1.26 bits per heavy atom. The van der Waals surface area contributed by atoms with Crippen LogP contribution in [0.2, 0.25) is 0 Å². The van der Waals surface area contributed by atoms with Gasteiger partial charge in [0.2, 0.25) is 0 Å². The Bertz CT molecular complexity index is 315. The minimum atomic E-state index is 0.364. The number of nitrogens with zero attached hydrogens (tertiary/aromatic N) is 3. The molecule has 3 rings (SSSR count). The molecule has 3 nitrogen and oxygen atoms in total. The Kier molecular flexibility index (Phi) is 3.43. The maximum Gasteiger partial charge on any atom is 0.0352 e. The minimum absolute atomic E-state index is 0.364. The van der Waals surface area contributed by atoms with Crippen LogP contribution in [-0.4, -0.2) is 71.6 Å². The normalized spacial score (nSPS) is 29.4. The fourth-order valence-electron chi connectivity index (χ4n) is 3.52. The summed E-state index contributed by atoms with van der Waals surface area (Å²) in [5.74, 6) is 1.84. The molecular weight excluding hydrogens is 234 g/mol. The molecule has 3 heterocycles. The van der Waals surface area contributed by atoms with Crippen molar-refractivity contribution < 1.29 is 0 Å². The van der Waals surface area contributed by atoms with Gasteiger partial charge in [-0.2, -0.15) is 0 Å². The highest BCUT2D eigenvalue weighted by atomic mass is 15.4. The highest BCUT2D eigenvalue weighted by Gasteiger charge is 2.45. The van der Waals surface area contributed by atoms with E-state index in [0.29, 0.717) is 5.54 Å². The van der Waals surface area contributed by atoms with Crippen LogP contribution in [0, 0.1) is 11.8 Å². The molecule has 0 aromatic heterocycles. The summed E-state index contributed by atoms with van der Waals surface area (Å²) >= 11 is 0. The third-order valence-electron chi connectivity index (χ3n) is 5.62. The van der Waals surface area contributed by atoms with Crippen molar-refractivity contribution in [2.45, 2.75) is 52.2 Å². The Labute approximate surface area is 118 Å². The monoisotopic (exact) mass is 265 g/mol. The van der Waals surface area contributed by atoms with Gasteiger partial charge >= 0.3 is 0 Å². The average molecular weight is 265 g/mol. The highest BCUT2D eigenvalue weighted by Crippen LogP contribution is 2.32. The van der Waals surface area contributed by atoms with Crippen LogP contribution in [0.3, 0.4) is 0 Å². The molecule has 0 bridgehead atoms. The molecular formula is C16H31N3. The van der Waals surface area contributed by atoms with Crippen molar-refractivity contribution in [3.63, 3.8) is 0 Å². The van der Waals surface area contributed by atoms with E-state index in [4.69, 9.17) is 0 Å². The summed E-state index contributed by atoms with van der Waals surface area (Å²) in [6.45, 7) is 19.6. The largest absolute Gasteiger partial charge is 0.297 e. The topological polar surface area (TPSA) is 9.72 Å². The van der Waals surface area contributed by atoms with Crippen molar-refractivity contribution in [2.24, 2.45) is 11.8 Å². The number of hydrogen-bond donors (Lipinski definition) is 0. The van der Waals surface area contributed by atoms with Crippen LogP contribution >= 0.6 is 0 Å². The van der Waals surface area contributed by atoms with Crippen molar-refractivity contribution in [2.75, 3.05) is 39.3 Å². The Morgan fingerprint density at radius 1 is 0.789 bits per heavy atom. The Hall–Kier alpha value is -0.120. The van der Waals surface area contributed by atoms with E-state index in [1.165, 1.54) is 39.3 Å². The SMILES string of the molecule is CC(C)C1CN(C2CN(C3CN(C(C)(C)C)C3)C2)C1. The smallest absolute Gasteiger partial charge is 0.0352 e. The third-order valence-corrected chi connectivity index (χ3v) is 5.62. The van der Waals surface area contributed by atoms with Gasteiger partial charge in [-0.3, -0.25) is 14.7 Å².